The molecule has 2 aromatic carbocycles. The summed E-state index contributed by atoms with van der Waals surface area (Å²) in [5, 5.41) is 14.2. The highest BCUT2D eigenvalue weighted by atomic mass is 35.5. The zero-order valence-electron chi connectivity index (χ0n) is 15.1. The summed E-state index contributed by atoms with van der Waals surface area (Å²) in [4.78, 5) is 23.2. The Morgan fingerprint density at radius 3 is 2.43 bits per heavy atom. The lowest BCUT2D eigenvalue weighted by Gasteiger charge is -2.29. The maximum Gasteiger partial charge on any atom is 0.271 e. The highest BCUT2D eigenvalue weighted by Crippen LogP contribution is 2.30. The van der Waals surface area contributed by atoms with Crippen LogP contribution >= 0.6 is 23.2 Å². The summed E-state index contributed by atoms with van der Waals surface area (Å²) < 4.78 is 25.7. The van der Waals surface area contributed by atoms with Crippen molar-refractivity contribution in [2.75, 3.05) is 15.9 Å². The van der Waals surface area contributed by atoms with Crippen LogP contribution in [0.1, 0.15) is 12.5 Å². The first kappa shape index (κ1) is 21.9. The molecule has 28 heavy (non-hydrogen) atoms. The smallest absolute Gasteiger partial charge is 0.271 e. The number of aryl methyl sites for hydroxylation is 1. The molecule has 2 rings (SSSR count). The van der Waals surface area contributed by atoms with E-state index in [0.29, 0.717) is 10.6 Å². The van der Waals surface area contributed by atoms with Crippen LogP contribution in [0.3, 0.4) is 0 Å². The number of benzene rings is 2. The van der Waals surface area contributed by atoms with E-state index < -0.39 is 26.9 Å². The van der Waals surface area contributed by atoms with Crippen molar-refractivity contribution in [1.29, 1.82) is 0 Å². The highest BCUT2D eigenvalue weighted by Gasteiger charge is 2.31. The third-order valence-electron chi connectivity index (χ3n) is 3.92. The van der Waals surface area contributed by atoms with Crippen molar-refractivity contribution in [2.45, 2.75) is 19.9 Å². The van der Waals surface area contributed by atoms with Crippen LogP contribution in [0.25, 0.3) is 0 Å². The molecule has 0 radical (unpaired) electrons. The predicted molar refractivity (Wildman–Crippen MR) is 110 cm³/mol. The largest absolute Gasteiger partial charge is 0.323 e. The summed E-state index contributed by atoms with van der Waals surface area (Å²) in [5.41, 5.74) is 0.419. The molecule has 0 aromatic heterocycles. The van der Waals surface area contributed by atoms with Gasteiger partial charge in [-0.3, -0.25) is 19.2 Å². The first-order valence-electron chi connectivity index (χ1n) is 7.92. The lowest BCUT2D eigenvalue weighted by Crippen LogP contribution is -2.45. The molecule has 0 saturated heterocycles. The molecule has 2 aromatic rings. The second-order valence-corrected chi connectivity index (χ2v) is 8.78. The van der Waals surface area contributed by atoms with Crippen LogP contribution in [0.2, 0.25) is 10.0 Å². The molecule has 0 heterocycles. The molecule has 0 aliphatic heterocycles. The van der Waals surface area contributed by atoms with Gasteiger partial charge in [-0.15, -0.1) is 0 Å². The quantitative estimate of drug-likeness (QED) is 0.533. The first-order chi connectivity index (χ1) is 12.9. The van der Waals surface area contributed by atoms with Crippen LogP contribution in [0, 0.1) is 17.0 Å². The van der Waals surface area contributed by atoms with E-state index >= 15 is 0 Å². The lowest BCUT2D eigenvalue weighted by atomic mass is 10.1. The van der Waals surface area contributed by atoms with Crippen molar-refractivity contribution in [3.8, 4) is 0 Å². The van der Waals surface area contributed by atoms with Crippen LogP contribution in [-0.4, -0.2) is 31.5 Å². The molecule has 1 N–H and O–H groups in total. The Labute approximate surface area is 172 Å². The number of nitrogens with zero attached hydrogens (tertiary/aromatic N) is 2. The van der Waals surface area contributed by atoms with E-state index in [1.165, 1.54) is 37.3 Å². The number of nitro benzene ring substituents is 1. The van der Waals surface area contributed by atoms with Gasteiger partial charge >= 0.3 is 0 Å². The van der Waals surface area contributed by atoms with Gasteiger partial charge in [0, 0.05) is 17.2 Å². The number of nitrogens with one attached hydrogen (secondary N) is 1. The first-order valence-corrected chi connectivity index (χ1v) is 10.5. The van der Waals surface area contributed by atoms with Gasteiger partial charge in [0.25, 0.3) is 5.69 Å². The van der Waals surface area contributed by atoms with Gasteiger partial charge in [-0.05, 0) is 37.6 Å². The fraction of sp³-hybridized carbons (Fsp3) is 0.235. The number of carbonyl (C=O) groups is 1. The van der Waals surface area contributed by atoms with Crippen molar-refractivity contribution in [1.82, 2.24) is 0 Å². The summed E-state index contributed by atoms with van der Waals surface area (Å²) in [6, 6.07) is 7.04. The Bertz CT molecular complexity index is 1040. The molecule has 0 aliphatic carbocycles. The van der Waals surface area contributed by atoms with Gasteiger partial charge in [0.05, 0.1) is 27.6 Å². The lowest BCUT2D eigenvalue weighted by molar-refractivity contribution is -0.384. The van der Waals surface area contributed by atoms with Gasteiger partial charge in [0.2, 0.25) is 15.9 Å². The predicted octanol–water partition coefficient (Wildman–Crippen LogP) is 4.00. The van der Waals surface area contributed by atoms with Crippen molar-refractivity contribution in [3.63, 3.8) is 0 Å². The minimum absolute atomic E-state index is 0.0385. The summed E-state index contributed by atoms with van der Waals surface area (Å²) >= 11 is 11.9. The molecule has 0 saturated carbocycles. The zero-order chi connectivity index (χ0) is 21.2. The summed E-state index contributed by atoms with van der Waals surface area (Å²) in [7, 11) is -3.95. The third kappa shape index (κ3) is 4.92. The van der Waals surface area contributed by atoms with E-state index in [1.54, 1.807) is 6.92 Å². The Morgan fingerprint density at radius 1 is 1.21 bits per heavy atom. The number of nitro groups is 1. The van der Waals surface area contributed by atoms with E-state index in [1.807, 2.05) is 0 Å². The normalized spacial score (nSPS) is 12.3. The highest BCUT2D eigenvalue weighted by molar-refractivity contribution is 7.92. The topological polar surface area (TPSA) is 110 Å². The van der Waals surface area contributed by atoms with Crippen molar-refractivity contribution in [2.24, 2.45) is 0 Å². The molecule has 0 spiro atoms. The number of carbonyl (C=O) groups excluding carboxylic acids is 1. The Hall–Kier alpha value is -2.36. The van der Waals surface area contributed by atoms with Crippen molar-refractivity contribution >= 4 is 56.2 Å². The SMILES string of the molecule is Cc1ccc([N+](=O)[O-])cc1N(C(C)C(=O)Nc1cc(Cl)ccc1Cl)S(C)(=O)=O. The molecule has 150 valence electrons. The van der Waals surface area contributed by atoms with E-state index in [-0.39, 0.29) is 22.1 Å². The molecule has 11 heteroatoms. The monoisotopic (exact) mass is 445 g/mol. The molecule has 1 unspecified atom stereocenters. The number of rotatable bonds is 6. The number of amides is 1. The average molecular weight is 446 g/mol. The van der Waals surface area contributed by atoms with Gasteiger partial charge < -0.3 is 5.32 Å². The van der Waals surface area contributed by atoms with Crippen LogP contribution in [0.15, 0.2) is 36.4 Å². The number of anilines is 2. The van der Waals surface area contributed by atoms with Crippen molar-refractivity contribution < 1.29 is 18.1 Å². The number of halogens is 2. The molecule has 0 aliphatic rings. The fourth-order valence-electron chi connectivity index (χ4n) is 2.56. The molecule has 1 atom stereocenters. The van der Waals surface area contributed by atoms with Crippen LogP contribution in [0.4, 0.5) is 17.1 Å². The van der Waals surface area contributed by atoms with Gasteiger partial charge in [0.15, 0.2) is 0 Å². The summed E-state index contributed by atoms with van der Waals surface area (Å²) in [6.07, 6.45) is 0.918. The minimum atomic E-state index is -3.95. The third-order valence-corrected chi connectivity index (χ3v) is 5.71. The van der Waals surface area contributed by atoms with E-state index in [0.717, 1.165) is 16.6 Å². The van der Waals surface area contributed by atoms with Gasteiger partial charge in [-0.2, -0.15) is 0 Å². The van der Waals surface area contributed by atoms with E-state index in [2.05, 4.69) is 5.32 Å². The fourth-order valence-corrected chi connectivity index (χ4v) is 4.12. The second-order valence-electron chi connectivity index (χ2n) is 6.08. The van der Waals surface area contributed by atoms with Crippen LogP contribution < -0.4 is 9.62 Å². The van der Waals surface area contributed by atoms with Crippen molar-refractivity contribution in [3.05, 3.63) is 62.1 Å². The Balaban J connectivity index is 2.46. The van der Waals surface area contributed by atoms with Crippen LogP contribution in [-0.2, 0) is 14.8 Å². The summed E-state index contributed by atoms with van der Waals surface area (Å²) in [6.45, 7) is 2.96. The van der Waals surface area contributed by atoms with Gasteiger partial charge in [0.1, 0.15) is 6.04 Å². The number of sulfonamides is 1. The minimum Gasteiger partial charge on any atom is -0.323 e. The number of non-ortho nitro benzene ring substituents is 1. The molecular formula is C17H17Cl2N3O5S. The maximum atomic E-state index is 12.7. The molecular weight excluding hydrogens is 429 g/mol. The molecule has 0 fully saturated rings. The van der Waals surface area contributed by atoms with E-state index in [9.17, 15) is 23.3 Å². The molecule has 1 amide bonds. The van der Waals surface area contributed by atoms with E-state index in [4.69, 9.17) is 23.2 Å². The average Bonchev–Trinajstić information content (AvgIpc) is 2.58. The van der Waals surface area contributed by atoms with Crippen LogP contribution in [0.5, 0.6) is 0 Å². The number of hydrogen-bond donors (Lipinski definition) is 1. The summed E-state index contributed by atoms with van der Waals surface area (Å²) in [5.74, 6) is -0.680. The van der Waals surface area contributed by atoms with Gasteiger partial charge in [-0.25, -0.2) is 8.42 Å². The molecule has 0 bridgehead atoms. The standard InChI is InChI=1S/C17H17Cl2N3O5S/c1-10-4-6-13(22(24)25)9-16(10)21(28(3,26)27)11(2)17(23)20-15-8-12(18)5-7-14(15)19/h4-9,11H,1-3H3,(H,20,23). The second kappa shape index (κ2) is 8.34. The Morgan fingerprint density at radius 2 is 1.86 bits per heavy atom. The maximum absolute atomic E-state index is 12.7. The number of hydrogen-bond acceptors (Lipinski definition) is 5. The zero-order valence-corrected chi connectivity index (χ0v) is 17.5. The Kier molecular flexibility index (Phi) is 6.53. The molecule has 8 nitrogen and oxygen atoms in total. The van der Waals surface area contributed by atoms with Gasteiger partial charge in [-0.1, -0.05) is 29.3 Å².